The SMILES string of the molecule is CN1C(=O)C(C)(C)C(C)(c2cc(NC(=O)CC3CC3)ccc2F)N=C1N. The monoisotopic (exact) mass is 360 g/mol. The Morgan fingerprint density at radius 3 is 2.65 bits per heavy atom. The van der Waals surface area contributed by atoms with Crippen LogP contribution in [0.2, 0.25) is 0 Å². The lowest BCUT2D eigenvalue weighted by atomic mass is 9.67. The zero-order valence-electron chi connectivity index (χ0n) is 15.6. The predicted octanol–water partition coefficient (Wildman–Crippen LogP) is 2.59. The molecule has 1 fully saturated rings. The topological polar surface area (TPSA) is 87.8 Å². The molecule has 26 heavy (non-hydrogen) atoms. The van der Waals surface area contributed by atoms with E-state index in [2.05, 4.69) is 10.3 Å². The van der Waals surface area contributed by atoms with Gasteiger partial charge >= 0.3 is 0 Å². The summed E-state index contributed by atoms with van der Waals surface area (Å²) in [5.41, 5.74) is 4.41. The minimum Gasteiger partial charge on any atom is -0.369 e. The zero-order chi connectivity index (χ0) is 19.3. The molecule has 0 bridgehead atoms. The van der Waals surface area contributed by atoms with Crippen LogP contribution in [0, 0.1) is 17.2 Å². The van der Waals surface area contributed by atoms with Crippen LogP contribution in [0.15, 0.2) is 23.2 Å². The van der Waals surface area contributed by atoms with Crippen molar-refractivity contribution in [2.24, 2.45) is 22.1 Å². The Labute approximate surface area is 152 Å². The molecule has 1 aromatic carbocycles. The van der Waals surface area contributed by atoms with E-state index in [1.165, 1.54) is 17.0 Å². The van der Waals surface area contributed by atoms with E-state index in [4.69, 9.17) is 5.73 Å². The van der Waals surface area contributed by atoms with E-state index in [1.54, 1.807) is 33.9 Å². The molecule has 1 saturated carbocycles. The van der Waals surface area contributed by atoms with Crippen molar-refractivity contribution in [1.82, 2.24) is 4.90 Å². The van der Waals surface area contributed by atoms with Crippen LogP contribution in [0.25, 0.3) is 0 Å². The van der Waals surface area contributed by atoms with Gasteiger partial charge in [0, 0.05) is 24.7 Å². The number of aliphatic imine (C=N–C) groups is 1. The van der Waals surface area contributed by atoms with Gasteiger partial charge in [-0.25, -0.2) is 9.38 Å². The van der Waals surface area contributed by atoms with Gasteiger partial charge in [0.05, 0.1) is 5.41 Å². The second kappa shape index (κ2) is 6.07. The molecule has 1 heterocycles. The minimum atomic E-state index is -1.19. The lowest BCUT2D eigenvalue weighted by Gasteiger charge is -2.46. The molecule has 3 N–H and O–H groups in total. The van der Waals surface area contributed by atoms with Gasteiger partial charge in [0.25, 0.3) is 0 Å². The Morgan fingerprint density at radius 2 is 2.04 bits per heavy atom. The first-order chi connectivity index (χ1) is 12.1. The van der Waals surface area contributed by atoms with Crippen LogP contribution >= 0.6 is 0 Å². The van der Waals surface area contributed by atoms with E-state index in [9.17, 15) is 14.0 Å². The van der Waals surface area contributed by atoms with Crippen molar-refractivity contribution in [1.29, 1.82) is 0 Å². The molecule has 6 nitrogen and oxygen atoms in total. The fourth-order valence-electron chi connectivity index (χ4n) is 3.34. The molecule has 140 valence electrons. The second-order valence-corrected chi connectivity index (χ2v) is 7.92. The van der Waals surface area contributed by atoms with Crippen LogP contribution in [0.4, 0.5) is 10.1 Å². The summed E-state index contributed by atoms with van der Waals surface area (Å²) >= 11 is 0. The van der Waals surface area contributed by atoms with E-state index in [0.717, 1.165) is 12.8 Å². The quantitative estimate of drug-likeness (QED) is 0.865. The summed E-state index contributed by atoms with van der Waals surface area (Å²) in [5.74, 6) is -0.316. The summed E-state index contributed by atoms with van der Waals surface area (Å²) in [5, 5.41) is 2.82. The third-order valence-corrected chi connectivity index (χ3v) is 5.68. The first-order valence-electron chi connectivity index (χ1n) is 8.79. The lowest BCUT2D eigenvalue weighted by Crippen LogP contribution is -2.58. The minimum absolute atomic E-state index is 0.0411. The fourth-order valence-corrected chi connectivity index (χ4v) is 3.34. The molecule has 1 aliphatic heterocycles. The van der Waals surface area contributed by atoms with Crippen LogP contribution in [0.3, 0.4) is 0 Å². The first kappa shape index (κ1) is 18.4. The number of guanidine groups is 1. The van der Waals surface area contributed by atoms with Crippen molar-refractivity contribution in [2.75, 3.05) is 12.4 Å². The Kier molecular flexibility index (Phi) is 4.29. The van der Waals surface area contributed by atoms with Gasteiger partial charge in [0.1, 0.15) is 11.4 Å². The number of hydrogen-bond donors (Lipinski definition) is 2. The molecule has 2 amide bonds. The number of carbonyl (C=O) groups excluding carboxylic acids is 2. The Bertz CT molecular complexity index is 801. The third kappa shape index (κ3) is 2.95. The smallest absolute Gasteiger partial charge is 0.237 e. The highest BCUT2D eigenvalue weighted by Crippen LogP contribution is 2.47. The maximum atomic E-state index is 14.7. The molecule has 7 heteroatoms. The van der Waals surface area contributed by atoms with E-state index in [1.807, 2.05) is 0 Å². The maximum absolute atomic E-state index is 14.7. The highest BCUT2D eigenvalue weighted by molar-refractivity contribution is 6.01. The number of nitrogens with zero attached hydrogens (tertiary/aromatic N) is 2. The number of nitrogens with two attached hydrogens (primary N) is 1. The molecule has 1 aliphatic carbocycles. The summed E-state index contributed by atoms with van der Waals surface area (Å²) in [7, 11) is 1.55. The van der Waals surface area contributed by atoms with Crippen molar-refractivity contribution in [3.63, 3.8) is 0 Å². The van der Waals surface area contributed by atoms with Crippen molar-refractivity contribution >= 4 is 23.5 Å². The Morgan fingerprint density at radius 1 is 1.38 bits per heavy atom. The molecule has 1 aromatic rings. The molecule has 0 spiro atoms. The Hall–Kier alpha value is -2.44. The number of anilines is 1. The molecule has 2 aliphatic rings. The highest BCUT2D eigenvalue weighted by Gasteiger charge is 2.53. The standard InChI is InChI=1S/C19H25FN4O2/c1-18(2)16(26)24(4)17(21)23-19(18,3)13-10-12(7-8-14(13)20)22-15(25)9-11-5-6-11/h7-8,10-11H,5-6,9H2,1-4H3,(H2,21,23)(H,22,25). The molecule has 0 radical (unpaired) electrons. The largest absolute Gasteiger partial charge is 0.369 e. The summed E-state index contributed by atoms with van der Waals surface area (Å²) in [4.78, 5) is 30.5. The maximum Gasteiger partial charge on any atom is 0.237 e. The normalized spacial score (nSPS) is 25.0. The highest BCUT2D eigenvalue weighted by atomic mass is 19.1. The number of amides is 2. The van der Waals surface area contributed by atoms with Crippen LogP contribution in [-0.4, -0.2) is 29.7 Å². The predicted molar refractivity (Wildman–Crippen MR) is 97.9 cm³/mol. The van der Waals surface area contributed by atoms with Crippen molar-refractivity contribution in [2.45, 2.75) is 45.6 Å². The summed E-state index contributed by atoms with van der Waals surface area (Å²) in [6.07, 6.45) is 2.64. The van der Waals surface area contributed by atoms with E-state index in [-0.39, 0.29) is 23.3 Å². The average Bonchev–Trinajstić information content (AvgIpc) is 3.37. The van der Waals surface area contributed by atoms with Gasteiger partial charge in [0.2, 0.25) is 11.8 Å². The van der Waals surface area contributed by atoms with E-state index < -0.39 is 16.8 Å². The molecule has 0 aromatic heterocycles. The first-order valence-corrected chi connectivity index (χ1v) is 8.79. The van der Waals surface area contributed by atoms with E-state index in [0.29, 0.717) is 18.0 Å². The van der Waals surface area contributed by atoms with Gasteiger partial charge in [-0.1, -0.05) is 0 Å². The fraction of sp³-hybridized carbons (Fsp3) is 0.526. The van der Waals surface area contributed by atoms with Crippen molar-refractivity contribution < 1.29 is 14.0 Å². The molecule has 0 saturated heterocycles. The summed E-state index contributed by atoms with van der Waals surface area (Å²) < 4.78 is 14.7. The zero-order valence-corrected chi connectivity index (χ0v) is 15.6. The number of benzene rings is 1. The number of hydrogen-bond acceptors (Lipinski definition) is 4. The molecule has 3 rings (SSSR count). The van der Waals surface area contributed by atoms with Gasteiger partial charge in [-0.15, -0.1) is 0 Å². The molecular weight excluding hydrogens is 335 g/mol. The van der Waals surface area contributed by atoms with Gasteiger partial charge in [-0.2, -0.15) is 0 Å². The second-order valence-electron chi connectivity index (χ2n) is 7.92. The van der Waals surface area contributed by atoms with Gasteiger partial charge in [-0.3, -0.25) is 14.5 Å². The summed E-state index contributed by atoms with van der Waals surface area (Å²) in [6, 6.07) is 4.36. The number of carbonyl (C=O) groups is 2. The molecule has 1 unspecified atom stereocenters. The van der Waals surface area contributed by atoms with Crippen molar-refractivity contribution in [3.05, 3.63) is 29.6 Å². The third-order valence-electron chi connectivity index (χ3n) is 5.68. The number of nitrogens with one attached hydrogen (secondary N) is 1. The Balaban J connectivity index is 2.00. The molecule has 1 atom stereocenters. The number of halogens is 1. The lowest BCUT2D eigenvalue weighted by molar-refractivity contribution is -0.140. The van der Waals surface area contributed by atoms with Crippen LogP contribution in [-0.2, 0) is 15.1 Å². The van der Waals surface area contributed by atoms with Gasteiger partial charge in [-0.05, 0) is 57.7 Å². The average molecular weight is 360 g/mol. The van der Waals surface area contributed by atoms with Gasteiger partial charge in [0.15, 0.2) is 5.96 Å². The molecular formula is C19H25FN4O2. The van der Waals surface area contributed by atoms with Crippen LogP contribution in [0.1, 0.15) is 45.6 Å². The van der Waals surface area contributed by atoms with E-state index >= 15 is 0 Å². The van der Waals surface area contributed by atoms with Crippen LogP contribution < -0.4 is 11.1 Å². The van der Waals surface area contributed by atoms with Crippen LogP contribution in [0.5, 0.6) is 0 Å². The van der Waals surface area contributed by atoms with Crippen molar-refractivity contribution in [3.8, 4) is 0 Å². The van der Waals surface area contributed by atoms with Gasteiger partial charge < -0.3 is 11.1 Å². The summed E-state index contributed by atoms with van der Waals surface area (Å²) in [6.45, 7) is 5.14. The number of rotatable bonds is 4.